The zero-order valence-electron chi connectivity index (χ0n) is 15.2. The second kappa shape index (κ2) is 5.24. The number of halogens is 1. The van der Waals surface area contributed by atoms with E-state index < -0.39 is 0 Å². The first-order chi connectivity index (χ1) is 12.8. The van der Waals surface area contributed by atoms with Crippen molar-refractivity contribution in [2.45, 2.75) is 0 Å². The van der Waals surface area contributed by atoms with Crippen LogP contribution in [0.25, 0.3) is 32.6 Å². The summed E-state index contributed by atoms with van der Waals surface area (Å²) >= 11 is 3.51. The molecule has 1 N–H and O–H groups in total. The summed E-state index contributed by atoms with van der Waals surface area (Å²) in [5.41, 5.74) is 2.97. The maximum Gasteiger partial charge on any atom is 0.218 e. The van der Waals surface area contributed by atoms with E-state index in [0.717, 1.165) is 42.7 Å². The van der Waals surface area contributed by atoms with Crippen molar-refractivity contribution in [1.82, 2.24) is 9.47 Å². The van der Waals surface area contributed by atoms with Crippen molar-refractivity contribution in [3.8, 4) is 5.75 Å². The molecule has 5 nitrogen and oxygen atoms in total. The maximum absolute atomic E-state index is 13.2. The lowest BCUT2D eigenvalue weighted by molar-refractivity contribution is -0.670. The van der Waals surface area contributed by atoms with Crippen molar-refractivity contribution in [1.29, 1.82) is 0 Å². The summed E-state index contributed by atoms with van der Waals surface area (Å²) in [6.45, 7) is 0.297. The first kappa shape index (κ1) is 16.6. The third-order valence-corrected chi connectivity index (χ3v) is 5.93. The van der Waals surface area contributed by atoms with E-state index in [1.165, 1.54) is 0 Å². The van der Waals surface area contributed by atoms with Crippen LogP contribution in [0.5, 0.6) is 5.75 Å². The number of fused-ring (bicyclic) bond motifs is 4. The summed E-state index contributed by atoms with van der Waals surface area (Å²) in [7, 11) is 5.83. The fourth-order valence-corrected chi connectivity index (χ4v) is 4.66. The molecule has 4 aromatic rings. The van der Waals surface area contributed by atoms with Crippen LogP contribution in [0.4, 0.5) is 5.69 Å². The van der Waals surface area contributed by atoms with Gasteiger partial charge in [0.15, 0.2) is 23.8 Å². The van der Waals surface area contributed by atoms with Crippen molar-refractivity contribution in [2.75, 3.05) is 20.6 Å². The Bertz CT molecular complexity index is 1330. The van der Waals surface area contributed by atoms with Gasteiger partial charge in [-0.15, -0.1) is 0 Å². The van der Waals surface area contributed by atoms with Gasteiger partial charge in [0, 0.05) is 26.9 Å². The van der Waals surface area contributed by atoms with Crippen molar-refractivity contribution < 1.29 is 14.5 Å². The van der Waals surface area contributed by atoms with Gasteiger partial charge in [0.05, 0.1) is 35.9 Å². The van der Waals surface area contributed by atoms with Gasteiger partial charge < -0.3 is 5.11 Å². The molecule has 0 saturated carbocycles. The summed E-state index contributed by atoms with van der Waals surface area (Å²) in [6, 6.07) is 7.76. The SMILES string of the molecule is C[n+]1ccc2c(c1)c(O)c1c3c(c4cc(Br)ccc4nc32)C(=O)C[N+]1(C)C. The van der Waals surface area contributed by atoms with E-state index in [-0.39, 0.29) is 11.5 Å². The number of aromatic hydroxyl groups is 1. The molecule has 1 aliphatic rings. The number of likely N-dealkylation sites (N-methyl/N-ethyl adjacent to an activating group) is 1. The molecule has 0 amide bonds. The van der Waals surface area contributed by atoms with Crippen LogP contribution in [-0.4, -0.2) is 36.5 Å². The fourth-order valence-electron chi connectivity index (χ4n) is 4.30. The molecule has 1 aliphatic heterocycles. The predicted molar refractivity (Wildman–Crippen MR) is 110 cm³/mol. The number of phenolic OH excluding ortho intramolecular Hbond substituents is 1. The second-order valence-electron chi connectivity index (χ2n) is 7.77. The van der Waals surface area contributed by atoms with Crippen LogP contribution in [0.3, 0.4) is 0 Å². The molecule has 5 rings (SSSR count). The van der Waals surface area contributed by atoms with Gasteiger partial charge in [-0.1, -0.05) is 15.9 Å². The van der Waals surface area contributed by atoms with E-state index in [0.29, 0.717) is 16.6 Å². The summed E-state index contributed by atoms with van der Waals surface area (Å²) < 4.78 is 3.11. The minimum Gasteiger partial charge on any atom is -0.502 e. The first-order valence-electron chi connectivity index (χ1n) is 8.71. The van der Waals surface area contributed by atoms with Crippen LogP contribution in [0, 0.1) is 0 Å². The van der Waals surface area contributed by atoms with Crippen LogP contribution in [-0.2, 0) is 7.05 Å². The van der Waals surface area contributed by atoms with E-state index >= 15 is 0 Å². The van der Waals surface area contributed by atoms with Crippen LogP contribution in [0.2, 0.25) is 0 Å². The average molecular weight is 424 g/mol. The smallest absolute Gasteiger partial charge is 0.218 e. The Labute approximate surface area is 164 Å². The molecule has 0 radical (unpaired) electrons. The number of Topliss-reactive ketones (excluding diaryl/α,β-unsaturated/α-hetero) is 1. The average Bonchev–Trinajstić information content (AvgIpc) is 2.59. The standard InChI is InChI=1S/C21H17BrN3O2/c1-24-7-6-12-14(9-24)21(27)20-18-17(16(26)10-25(20,2)3)13-8-11(22)4-5-15(13)23-19(12)18/h4-9H,10H2,1-3H3/q+1/p+1. The Hall–Kier alpha value is -2.57. The van der Waals surface area contributed by atoms with E-state index in [4.69, 9.17) is 4.98 Å². The molecule has 3 heterocycles. The lowest BCUT2D eigenvalue weighted by atomic mass is 9.90. The molecule has 0 atom stereocenters. The lowest BCUT2D eigenvalue weighted by Crippen LogP contribution is -2.47. The Kier molecular flexibility index (Phi) is 3.22. The van der Waals surface area contributed by atoms with Gasteiger partial charge in [-0.3, -0.25) is 9.28 Å². The van der Waals surface area contributed by atoms with Crippen molar-refractivity contribution in [3.63, 3.8) is 0 Å². The van der Waals surface area contributed by atoms with Gasteiger partial charge in [-0.25, -0.2) is 9.55 Å². The molecule has 27 heavy (non-hydrogen) atoms. The van der Waals surface area contributed by atoms with Crippen LogP contribution >= 0.6 is 15.9 Å². The summed E-state index contributed by atoms with van der Waals surface area (Å²) in [6.07, 6.45) is 3.84. The monoisotopic (exact) mass is 423 g/mol. The molecule has 0 saturated heterocycles. The van der Waals surface area contributed by atoms with Gasteiger partial charge in [0.1, 0.15) is 13.6 Å². The van der Waals surface area contributed by atoms with Crippen LogP contribution < -0.4 is 9.05 Å². The third kappa shape index (κ3) is 2.17. The number of quaternary nitrogens is 1. The highest BCUT2D eigenvalue weighted by molar-refractivity contribution is 9.10. The van der Waals surface area contributed by atoms with Crippen molar-refractivity contribution in [3.05, 3.63) is 46.7 Å². The zero-order valence-corrected chi connectivity index (χ0v) is 16.8. The van der Waals surface area contributed by atoms with E-state index in [2.05, 4.69) is 15.9 Å². The molecular weight excluding hydrogens is 406 g/mol. The number of carbonyl (C=O) groups excluding carboxylic acids is 1. The number of benzene rings is 2. The molecular formula is C21H18BrN3O2+2. The summed E-state index contributed by atoms with van der Waals surface area (Å²) in [5, 5.41) is 14.4. The van der Waals surface area contributed by atoms with Crippen LogP contribution in [0.15, 0.2) is 41.1 Å². The molecule has 0 bridgehead atoms. The quantitative estimate of drug-likeness (QED) is 0.203. The topological polar surface area (TPSA) is 54.1 Å². The molecule has 0 fully saturated rings. The number of pyridine rings is 2. The molecule has 2 aromatic carbocycles. The predicted octanol–water partition coefficient (Wildman–Crippen LogP) is 3.60. The van der Waals surface area contributed by atoms with Crippen LogP contribution in [0.1, 0.15) is 10.4 Å². The van der Waals surface area contributed by atoms with Crippen molar-refractivity contribution >= 4 is 60.0 Å². The number of phenols is 1. The van der Waals surface area contributed by atoms with E-state index in [1.54, 1.807) is 0 Å². The summed E-state index contributed by atoms with van der Waals surface area (Å²) in [5.74, 6) is 0.298. The number of ketones is 1. The number of carbonyl (C=O) groups is 1. The zero-order chi connectivity index (χ0) is 19.1. The Balaban J connectivity index is 2.17. The van der Waals surface area contributed by atoms with Gasteiger partial charge in [0.2, 0.25) is 5.78 Å². The number of hydrogen-bond acceptors (Lipinski definition) is 3. The number of hydrogen-bond donors (Lipinski definition) is 1. The number of nitrogens with zero attached hydrogens (tertiary/aromatic N) is 3. The Morgan fingerprint density at radius 3 is 2.74 bits per heavy atom. The molecule has 0 spiro atoms. The van der Waals surface area contributed by atoms with Gasteiger partial charge in [0.25, 0.3) is 0 Å². The highest BCUT2D eigenvalue weighted by atomic mass is 79.9. The highest BCUT2D eigenvalue weighted by Crippen LogP contribution is 2.48. The minimum absolute atomic E-state index is 0.0724. The molecule has 2 aromatic heterocycles. The molecule has 134 valence electrons. The number of aryl methyl sites for hydroxylation is 1. The first-order valence-corrected chi connectivity index (χ1v) is 9.51. The van der Waals surface area contributed by atoms with Gasteiger partial charge in [-0.2, -0.15) is 0 Å². The molecule has 6 heteroatoms. The largest absolute Gasteiger partial charge is 0.502 e. The summed E-state index contributed by atoms with van der Waals surface area (Å²) in [4.78, 5) is 18.1. The second-order valence-corrected chi connectivity index (χ2v) is 8.69. The lowest BCUT2D eigenvalue weighted by Gasteiger charge is -2.34. The van der Waals surface area contributed by atoms with Crippen molar-refractivity contribution in [2.24, 2.45) is 7.05 Å². The molecule has 0 unspecified atom stereocenters. The number of rotatable bonds is 0. The van der Waals surface area contributed by atoms with Gasteiger partial charge in [-0.05, 0) is 18.2 Å². The highest BCUT2D eigenvalue weighted by Gasteiger charge is 2.39. The number of aromatic nitrogens is 2. The normalized spacial score (nSPS) is 15.8. The Morgan fingerprint density at radius 1 is 1.19 bits per heavy atom. The van der Waals surface area contributed by atoms with Gasteiger partial charge >= 0.3 is 0 Å². The maximum atomic E-state index is 13.2. The van der Waals surface area contributed by atoms with E-state index in [9.17, 15) is 9.90 Å². The molecule has 0 aliphatic carbocycles. The Morgan fingerprint density at radius 2 is 1.96 bits per heavy atom. The van der Waals surface area contributed by atoms with E-state index in [1.807, 2.05) is 62.4 Å². The third-order valence-electron chi connectivity index (χ3n) is 5.44. The minimum atomic E-state index is 0.0724. The fraction of sp³-hybridized carbons (Fsp3) is 0.190.